The number of benzene rings is 2. The van der Waals surface area contributed by atoms with Gasteiger partial charge in [0.1, 0.15) is 0 Å². The number of nitriles is 1. The van der Waals surface area contributed by atoms with Crippen LogP contribution in [0.5, 0.6) is 0 Å². The van der Waals surface area contributed by atoms with Crippen LogP contribution in [0.3, 0.4) is 0 Å². The van der Waals surface area contributed by atoms with Crippen LogP contribution < -0.4 is 10.6 Å². The fourth-order valence-electron chi connectivity index (χ4n) is 3.04. The fraction of sp³-hybridized carbons (Fsp3) is 0.238. The first-order valence-electron chi connectivity index (χ1n) is 8.70. The topological polar surface area (TPSA) is 76.0 Å². The van der Waals surface area contributed by atoms with E-state index in [9.17, 15) is 0 Å². The number of halogens is 1. The van der Waals surface area contributed by atoms with E-state index in [1.54, 1.807) is 13.1 Å². The molecule has 0 aliphatic heterocycles. The number of guanidine groups is 1. The summed E-state index contributed by atoms with van der Waals surface area (Å²) in [5.74, 6) is 0.753. The molecule has 2 aromatic carbocycles. The first-order valence-corrected chi connectivity index (χ1v) is 8.70. The summed E-state index contributed by atoms with van der Waals surface area (Å²) >= 11 is 0. The molecule has 0 saturated heterocycles. The number of hydrogen-bond acceptors (Lipinski definition) is 2. The van der Waals surface area contributed by atoms with E-state index < -0.39 is 0 Å². The minimum absolute atomic E-state index is 0. The van der Waals surface area contributed by atoms with Crippen LogP contribution in [0.15, 0.2) is 53.7 Å². The lowest BCUT2D eigenvalue weighted by molar-refractivity contribution is 0.796. The number of hydrogen-bond donors (Lipinski definition) is 3. The van der Waals surface area contributed by atoms with Gasteiger partial charge in [-0.05, 0) is 42.2 Å². The largest absolute Gasteiger partial charge is 0.361 e. The Hall–Kier alpha value is -2.53. The molecule has 0 saturated carbocycles. The summed E-state index contributed by atoms with van der Waals surface area (Å²) in [6.07, 6.45) is 3.00. The van der Waals surface area contributed by atoms with E-state index >= 15 is 0 Å². The van der Waals surface area contributed by atoms with E-state index in [0.717, 1.165) is 24.5 Å². The van der Waals surface area contributed by atoms with Crippen LogP contribution in [0, 0.1) is 18.3 Å². The normalized spacial score (nSPS) is 10.9. The van der Waals surface area contributed by atoms with Crippen molar-refractivity contribution in [3.05, 3.63) is 70.9 Å². The van der Waals surface area contributed by atoms with Gasteiger partial charge in [0.15, 0.2) is 5.96 Å². The number of fused-ring (bicyclic) bond motifs is 1. The zero-order valence-corrected chi connectivity index (χ0v) is 17.9. The molecule has 0 unspecified atom stereocenters. The zero-order chi connectivity index (χ0) is 18.4. The highest BCUT2D eigenvalue weighted by molar-refractivity contribution is 14.0. The third kappa shape index (κ3) is 5.23. The summed E-state index contributed by atoms with van der Waals surface area (Å²) in [6, 6.07) is 16.1. The van der Waals surface area contributed by atoms with Crippen molar-refractivity contribution >= 4 is 40.8 Å². The first kappa shape index (κ1) is 20.8. The Morgan fingerprint density at radius 3 is 2.78 bits per heavy atom. The van der Waals surface area contributed by atoms with Crippen molar-refractivity contribution in [2.24, 2.45) is 4.99 Å². The Bertz CT molecular complexity index is 968. The van der Waals surface area contributed by atoms with Crippen molar-refractivity contribution in [3.63, 3.8) is 0 Å². The maximum absolute atomic E-state index is 8.98. The number of nitrogens with zero attached hydrogens (tertiary/aromatic N) is 2. The van der Waals surface area contributed by atoms with E-state index in [-0.39, 0.29) is 24.0 Å². The second kappa shape index (κ2) is 9.97. The van der Waals surface area contributed by atoms with Crippen molar-refractivity contribution in [1.82, 2.24) is 15.6 Å². The van der Waals surface area contributed by atoms with Crippen LogP contribution in [0.2, 0.25) is 0 Å². The van der Waals surface area contributed by atoms with Gasteiger partial charge in [0.05, 0.1) is 11.6 Å². The molecule has 140 valence electrons. The van der Waals surface area contributed by atoms with Crippen molar-refractivity contribution in [2.75, 3.05) is 13.6 Å². The SMILES string of the molecule is CN=C(NCCc1c[nH]c2c(C)cccc12)NCc1cccc(C#N)c1.I. The molecule has 5 nitrogen and oxygen atoms in total. The fourth-order valence-corrected chi connectivity index (χ4v) is 3.04. The summed E-state index contributed by atoms with van der Waals surface area (Å²) in [4.78, 5) is 7.63. The predicted molar refractivity (Wildman–Crippen MR) is 122 cm³/mol. The van der Waals surface area contributed by atoms with Crippen LogP contribution in [0.1, 0.15) is 22.3 Å². The van der Waals surface area contributed by atoms with Crippen LogP contribution in [0.4, 0.5) is 0 Å². The van der Waals surface area contributed by atoms with Crippen molar-refractivity contribution in [3.8, 4) is 6.07 Å². The van der Waals surface area contributed by atoms with Gasteiger partial charge in [-0.3, -0.25) is 4.99 Å². The molecule has 27 heavy (non-hydrogen) atoms. The van der Waals surface area contributed by atoms with Crippen LogP contribution in [0.25, 0.3) is 10.9 Å². The van der Waals surface area contributed by atoms with Crippen molar-refractivity contribution < 1.29 is 0 Å². The molecule has 0 atom stereocenters. The molecule has 0 spiro atoms. The summed E-state index contributed by atoms with van der Waals surface area (Å²) in [6.45, 7) is 3.54. The van der Waals surface area contributed by atoms with Crippen LogP contribution in [-0.2, 0) is 13.0 Å². The van der Waals surface area contributed by atoms with Gasteiger partial charge in [-0.15, -0.1) is 24.0 Å². The Balaban J connectivity index is 0.00000261. The predicted octanol–water partition coefficient (Wildman–Crippen LogP) is 3.87. The molecule has 3 aromatic rings. The minimum Gasteiger partial charge on any atom is -0.361 e. The van der Waals surface area contributed by atoms with E-state index in [2.05, 4.69) is 58.0 Å². The average molecular weight is 473 g/mol. The molecule has 3 N–H and O–H groups in total. The first-order chi connectivity index (χ1) is 12.7. The van der Waals surface area contributed by atoms with Gasteiger partial charge < -0.3 is 15.6 Å². The maximum Gasteiger partial charge on any atom is 0.191 e. The zero-order valence-electron chi connectivity index (χ0n) is 15.5. The Labute approximate surface area is 176 Å². The maximum atomic E-state index is 8.98. The molecular weight excluding hydrogens is 449 g/mol. The highest BCUT2D eigenvalue weighted by atomic mass is 127. The number of nitrogens with one attached hydrogen (secondary N) is 3. The molecule has 0 aliphatic rings. The lowest BCUT2D eigenvalue weighted by Crippen LogP contribution is -2.37. The van der Waals surface area contributed by atoms with Gasteiger partial charge in [-0.1, -0.05) is 30.3 Å². The van der Waals surface area contributed by atoms with Crippen LogP contribution >= 0.6 is 24.0 Å². The van der Waals surface area contributed by atoms with Crippen molar-refractivity contribution in [1.29, 1.82) is 5.26 Å². The molecule has 0 fully saturated rings. The standard InChI is InChI=1S/C21H23N5.HI/c1-15-5-3-8-19-18(14-25-20(15)19)9-10-24-21(23-2)26-13-17-7-4-6-16(11-17)12-22;/h3-8,11,14,25H,9-10,13H2,1-2H3,(H2,23,24,26);1H. The van der Waals surface area contributed by atoms with Crippen molar-refractivity contribution in [2.45, 2.75) is 19.9 Å². The number of aliphatic imine (C=N–C) groups is 1. The lowest BCUT2D eigenvalue weighted by atomic mass is 10.1. The summed E-state index contributed by atoms with van der Waals surface area (Å²) < 4.78 is 0. The quantitative estimate of drug-likeness (QED) is 0.299. The molecule has 0 amide bonds. The number of aromatic amines is 1. The third-order valence-corrected chi connectivity index (χ3v) is 4.44. The average Bonchev–Trinajstić information content (AvgIpc) is 3.09. The van der Waals surface area contributed by atoms with Gasteiger partial charge in [0, 0.05) is 37.2 Å². The summed E-state index contributed by atoms with van der Waals surface area (Å²) in [7, 11) is 1.76. The van der Waals surface area contributed by atoms with E-state index in [0.29, 0.717) is 12.1 Å². The highest BCUT2D eigenvalue weighted by Gasteiger charge is 2.05. The molecular formula is C21H24IN5. The van der Waals surface area contributed by atoms with Gasteiger partial charge in [0.25, 0.3) is 0 Å². The number of H-pyrrole nitrogens is 1. The smallest absolute Gasteiger partial charge is 0.191 e. The number of para-hydroxylation sites is 1. The molecule has 0 bridgehead atoms. The third-order valence-electron chi connectivity index (χ3n) is 4.44. The molecule has 1 heterocycles. The second-order valence-corrected chi connectivity index (χ2v) is 6.23. The number of aromatic nitrogens is 1. The summed E-state index contributed by atoms with van der Waals surface area (Å²) in [5, 5.41) is 16.9. The lowest BCUT2D eigenvalue weighted by Gasteiger charge is -2.12. The Morgan fingerprint density at radius 1 is 1.19 bits per heavy atom. The minimum atomic E-state index is 0. The molecule has 3 rings (SSSR count). The molecule has 0 radical (unpaired) electrons. The Morgan fingerprint density at radius 2 is 2.00 bits per heavy atom. The second-order valence-electron chi connectivity index (χ2n) is 6.23. The summed E-state index contributed by atoms with van der Waals surface area (Å²) in [5.41, 5.74) is 5.50. The molecule has 1 aromatic heterocycles. The van der Waals surface area contributed by atoms with Crippen LogP contribution in [-0.4, -0.2) is 24.5 Å². The Kier molecular flexibility index (Phi) is 7.67. The number of rotatable bonds is 5. The van der Waals surface area contributed by atoms with Gasteiger partial charge in [-0.2, -0.15) is 5.26 Å². The molecule has 0 aliphatic carbocycles. The number of aryl methyl sites for hydroxylation is 1. The van der Waals surface area contributed by atoms with E-state index in [4.69, 9.17) is 5.26 Å². The van der Waals surface area contributed by atoms with Gasteiger partial charge >= 0.3 is 0 Å². The van der Waals surface area contributed by atoms with E-state index in [1.165, 1.54) is 22.0 Å². The van der Waals surface area contributed by atoms with Gasteiger partial charge in [-0.25, -0.2) is 0 Å². The van der Waals surface area contributed by atoms with E-state index in [1.807, 2.05) is 18.2 Å². The highest BCUT2D eigenvalue weighted by Crippen LogP contribution is 2.21. The van der Waals surface area contributed by atoms with Gasteiger partial charge in [0.2, 0.25) is 0 Å². The molecule has 6 heteroatoms. The monoisotopic (exact) mass is 473 g/mol.